The molecule has 0 radical (unpaired) electrons. The van der Waals surface area contributed by atoms with Crippen LogP contribution in [0.5, 0.6) is 5.75 Å². The molecule has 116 valence electrons. The van der Waals surface area contributed by atoms with Crippen LogP contribution in [-0.4, -0.2) is 27.5 Å². The molecule has 3 N–H and O–H groups in total. The second-order valence-electron chi connectivity index (χ2n) is 6.38. The molecule has 0 fully saturated rings. The first-order valence-corrected chi connectivity index (χ1v) is 10.8. The minimum absolute atomic E-state index is 0.179. The maximum absolute atomic E-state index is 10.0. The fourth-order valence-electron chi connectivity index (χ4n) is 2.15. The van der Waals surface area contributed by atoms with Crippen LogP contribution in [0.25, 0.3) is 17.0 Å². The third-order valence-electron chi connectivity index (χ3n) is 3.21. The molecule has 1 aromatic carbocycles. The highest BCUT2D eigenvalue weighted by atomic mass is 28.3. The summed E-state index contributed by atoms with van der Waals surface area (Å²) in [5, 5.41) is 10.0. The summed E-state index contributed by atoms with van der Waals surface area (Å²) in [7, 11) is -1.51. The van der Waals surface area contributed by atoms with Crippen LogP contribution in [0.3, 0.4) is 0 Å². The Bertz CT molecular complexity index is 945. The highest BCUT2D eigenvalue weighted by molar-refractivity contribution is 6.83. The number of nitrogen functional groups attached to an aromatic ring is 1. The van der Waals surface area contributed by atoms with Crippen LogP contribution in [0.15, 0.2) is 36.5 Å². The maximum Gasteiger partial charge on any atom is 0.237 e. The van der Waals surface area contributed by atoms with E-state index in [1.54, 1.807) is 18.2 Å². The molecule has 2 heterocycles. The molecular formula is C17H18N4OSi. The van der Waals surface area contributed by atoms with Crippen molar-refractivity contribution in [2.75, 3.05) is 5.73 Å². The number of nitrogens with zero attached hydrogens (tertiary/aromatic N) is 3. The highest BCUT2D eigenvalue weighted by Crippen LogP contribution is 2.28. The van der Waals surface area contributed by atoms with E-state index in [0.717, 1.165) is 5.69 Å². The number of hydrogen-bond donors (Lipinski definition) is 2. The van der Waals surface area contributed by atoms with Gasteiger partial charge in [-0.15, -0.1) is 5.54 Å². The number of para-hydroxylation sites is 1. The highest BCUT2D eigenvalue weighted by Gasteiger charge is 2.12. The van der Waals surface area contributed by atoms with E-state index in [-0.39, 0.29) is 5.75 Å². The lowest BCUT2D eigenvalue weighted by molar-refractivity contribution is 0.477. The van der Waals surface area contributed by atoms with Crippen molar-refractivity contribution in [1.29, 1.82) is 0 Å². The molecule has 3 rings (SSSR count). The average molecular weight is 322 g/mol. The van der Waals surface area contributed by atoms with Gasteiger partial charge < -0.3 is 10.8 Å². The Morgan fingerprint density at radius 2 is 1.91 bits per heavy atom. The molecule has 0 saturated carbocycles. The van der Waals surface area contributed by atoms with Gasteiger partial charge in [0.1, 0.15) is 25.3 Å². The Morgan fingerprint density at radius 3 is 2.61 bits per heavy atom. The summed E-state index contributed by atoms with van der Waals surface area (Å²) in [6, 6.07) is 8.82. The van der Waals surface area contributed by atoms with Crippen molar-refractivity contribution in [3.63, 3.8) is 0 Å². The van der Waals surface area contributed by atoms with E-state index in [9.17, 15) is 5.11 Å². The number of imidazole rings is 1. The molecule has 23 heavy (non-hydrogen) atoms. The molecule has 5 nitrogen and oxygen atoms in total. The number of phenolic OH excluding ortho intramolecular Hbond substituents is 1. The summed E-state index contributed by atoms with van der Waals surface area (Å²) >= 11 is 0. The summed E-state index contributed by atoms with van der Waals surface area (Å²) < 4.78 is 1.81. The number of aromatic hydroxyl groups is 1. The van der Waals surface area contributed by atoms with Crippen LogP contribution in [0.1, 0.15) is 5.69 Å². The van der Waals surface area contributed by atoms with Crippen molar-refractivity contribution in [2.24, 2.45) is 0 Å². The normalized spacial score (nSPS) is 11.3. The van der Waals surface area contributed by atoms with Crippen molar-refractivity contribution < 1.29 is 5.11 Å². The molecule has 3 aromatic rings. The largest absolute Gasteiger partial charge is 0.507 e. The predicted octanol–water partition coefficient (Wildman–Crippen LogP) is 2.91. The molecule has 0 aliphatic heterocycles. The summed E-state index contributed by atoms with van der Waals surface area (Å²) in [5.41, 5.74) is 11.2. The van der Waals surface area contributed by atoms with Gasteiger partial charge in [-0.1, -0.05) is 37.7 Å². The fraction of sp³-hybridized carbons (Fsp3) is 0.176. The zero-order chi connectivity index (χ0) is 16.6. The van der Waals surface area contributed by atoms with Crippen molar-refractivity contribution in [2.45, 2.75) is 19.6 Å². The second kappa shape index (κ2) is 5.45. The van der Waals surface area contributed by atoms with Crippen LogP contribution in [-0.2, 0) is 0 Å². The molecule has 6 heteroatoms. The quantitative estimate of drug-likeness (QED) is 0.533. The lowest BCUT2D eigenvalue weighted by Gasteiger charge is -2.04. The number of rotatable bonds is 1. The van der Waals surface area contributed by atoms with Gasteiger partial charge in [-0.05, 0) is 12.1 Å². The van der Waals surface area contributed by atoms with E-state index in [0.29, 0.717) is 22.9 Å². The molecule has 0 unspecified atom stereocenters. The van der Waals surface area contributed by atoms with Crippen LogP contribution in [0.4, 0.5) is 5.82 Å². The number of nitrogens with two attached hydrogens (primary N) is 1. The van der Waals surface area contributed by atoms with Crippen molar-refractivity contribution in [1.82, 2.24) is 14.4 Å². The smallest absolute Gasteiger partial charge is 0.237 e. The first kappa shape index (κ1) is 15.1. The second-order valence-corrected chi connectivity index (χ2v) is 11.1. The minimum Gasteiger partial charge on any atom is -0.507 e. The van der Waals surface area contributed by atoms with E-state index < -0.39 is 8.07 Å². The number of phenols is 1. The Hall–Kier alpha value is -2.78. The van der Waals surface area contributed by atoms with Gasteiger partial charge in [0.25, 0.3) is 0 Å². The van der Waals surface area contributed by atoms with Gasteiger partial charge >= 0.3 is 0 Å². The first-order valence-electron chi connectivity index (χ1n) is 7.31. The topological polar surface area (TPSA) is 76.4 Å². The van der Waals surface area contributed by atoms with E-state index in [2.05, 4.69) is 41.1 Å². The lowest BCUT2D eigenvalue weighted by atomic mass is 10.1. The summed E-state index contributed by atoms with van der Waals surface area (Å²) in [4.78, 5) is 8.71. The number of aromatic nitrogens is 3. The van der Waals surface area contributed by atoms with Crippen LogP contribution >= 0.6 is 0 Å². The number of anilines is 1. The Balaban J connectivity index is 2.20. The van der Waals surface area contributed by atoms with Gasteiger partial charge in [0.15, 0.2) is 0 Å². The van der Waals surface area contributed by atoms with E-state index in [1.165, 1.54) is 0 Å². The van der Waals surface area contributed by atoms with Crippen molar-refractivity contribution in [3.8, 4) is 28.5 Å². The SMILES string of the molecule is C[Si](C)(C)C#Cc1cc(N)nc2nc(-c3ccccc3O)cn12. The molecule has 0 amide bonds. The Kier molecular flexibility index (Phi) is 3.58. The van der Waals surface area contributed by atoms with Crippen molar-refractivity contribution in [3.05, 3.63) is 42.2 Å². The van der Waals surface area contributed by atoms with Gasteiger partial charge in [-0.25, -0.2) is 4.98 Å². The molecule has 2 aromatic heterocycles. The van der Waals surface area contributed by atoms with Crippen LogP contribution in [0.2, 0.25) is 19.6 Å². The predicted molar refractivity (Wildman–Crippen MR) is 94.7 cm³/mol. The number of benzene rings is 1. The summed E-state index contributed by atoms with van der Waals surface area (Å²) in [5.74, 6) is 4.24. The molecule has 0 saturated heterocycles. The third-order valence-corrected chi connectivity index (χ3v) is 4.08. The van der Waals surface area contributed by atoms with Crippen LogP contribution in [0, 0.1) is 11.5 Å². The monoisotopic (exact) mass is 322 g/mol. The standard InChI is InChI=1S/C17H18N4OSi/c1-23(2,3)9-8-12-10-16(18)20-17-19-14(11-21(12)17)13-6-4-5-7-15(13)22/h4-7,10-11,22H,1-3H3,(H2,18,19,20). The zero-order valence-electron chi connectivity index (χ0n) is 13.3. The summed E-state index contributed by atoms with van der Waals surface area (Å²) in [6.45, 7) is 6.55. The van der Waals surface area contributed by atoms with Gasteiger partial charge in [0, 0.05) is 17.8 Å². The fourth-order valence-corrected chi connectivity index (χ4v) is 2.65. The van der Waals surface area contributed by atoms with Crippen LogP contribution < -0.4 is 5.73 Å². The van der Waals surface area contributed by atoms with Gasteiger partial charge in [0.2, 0.25) is 5.78 Å². The van der Waals surface area contributed by atoms with E-state index in [4.69, 9.17) is 5.73 Å². The van der Waals surface area contributed by atoms with Gasteiger partial charge in [-0.3, -0.25) is 4.40 Å². The molecule has 0 spiro atoms. The van der Waals surface area contributed by atoms with E-state index in [1.807, 2.05) is 22.7 Å². The maximum atomic E-state index is 10.0. The molecular weight excluding hydrogens is 304 g/mol. The third kappa shape index (κ3) is 3.20. The molecule has 0 bridgehead atoms. The lowest BCUT2D eigenvalue weighted by Crippen LogP contribution is -2.16. The van der Waals surface area contributed by atoms with Crippen molar-refractivity contribution >= 4 is 19.7 Å². The molecule has 0 atom stereocenters. The zero-order valence-corrected chi connectivity index (χ0v) is 14.3. The average Bonchev–Trinajstić information content (AvgIpc) is 2.88. The van der Waals surface area contributed by atoms with E-state index >= 15 is 0 Å². The van der Waals surface area contributed by atoms with Gasteiger partial charge in [-0.2, -0.15) is 4.98 Å². The Labute approximate surface area is 135 Å². The minimum atomic E-state index is -1.51. The molecule has 0 aliphatic rings. The first-order chi connectivity index (χ1) is 10.8. The Morgan fingerprint density at radius 1 is 1.17 bits per heavy atom. The number of fused-ring (bicyclic) bond motifs is 1. The molecule has 0 aliphatic carbocycles. The summed E-state index contributed by atoms with van der Waals surface area (Å²) in [6.07, 6.45) is 1.82. The number of hydrogen-bond acceptors (Lipinski definition) is 4. The van der Waals surface area contributed by atoms with Gasteiger partial charge in [0.05, 0.1) is 5.69 Å².